The van der Waals surface area contributed by atoms with E-state index in [0.29, 0.717) is 17.0 Å². The summed E-state index contributed by atoms with van der Waals surface area (Å²) in [5.74, 6) is -1.43. The molecule has 0 heterocycles. The lowest BCUT2D eigenvalue weighted by molar-refractivity contribution is -0.174. The molecule has 7 nitrogen and oxygen atoms in total. The van der Waals surface area contributed by atoms with Gasteiger partial charge in [-0.1, -0.05) is 49.9 Å². The molecule has 2 unspecified atom stereocenters. The lowest BCUT2D eigenvalue weighted by atomic mass is 9.89. The third kappa shape index (κ3) is 7.93. The number of halogens is 1. The second-order valence-electron chi connectivity index (χ2n) is 7.20. The van der Waals surface area contributed by atoms with Crippen molar-refractivity contribution >= 4 is 29.6 Å². The van der Waals surface area contributed by atoms with Gasteiger partial charge in [0.15, 0.2) is 0 Å². The zero-order valence-corrected chi connectivity index (χ0v) is 17.3. The van der Waals surface area contributed by atoms with Crippen molar-refractivity contribution in [2.45, 2.75) is 70.6 Å². The molecule has 2 rings (SSSR count). The van der Waals surface area contributed by atoms with Crippen molar-refractivity contribution in [1.29, 1.82) is 0 Å². The van der Waals surface area contributed by atoms with Gasteiger partial charge in [0.25, 0.3) is 0 Å². The second kappa shape index (κ2) is 11.7. The fraction of sp³-hybridized carbons (Fsp3) is 0.571. The van der Waals surface area contributed by atoms with Crippen LogP contribution < -0.4 is 5.32 Å². The Kier molecular flexibility index (Phi) is 9.25. The topological polar surface area (TPSA) is 102 Å². The van der Waals surface area contributed by atoms with E-state index in [1.165, 1.54) is 0 Å². The van der Waals surface area contributed by atoms with E-state index in [-0.39, 0.29) is 24.7 Å². The summed E-state index contributed by atoms with van der Waals surface area (Å²) in [6, 6.07) is 6.20. The van der Waals surface area contributed by atoms with Gasteiger partial charge >= 0.3 is 18.0 Å². The first-order chi connectivity index (χ1) is 13.9. The number of alkyl carbamates (subject to hydrolysis) is 1. The molecule has 8 heteroatoms. The Labute approximate surface area is 175 Å². The molecule has 0 spiro atoms. The quantitative estimate of drug-likeness (QED) is 0.434. The van der Waals surface area contributed by atoms with E-state index in [0.717, 1.165) is 32.1 Å². The monoisotopic (exact) mass is 425 g/mol. The highest BCUT2D eigenvalue weighted by molar-refractivity contribution is 6.30. The molecular formula is C21H28ClNO6. The van der Waals surface area contributed by atoms with Gasteiger partial charge in [0.2, 0.25) is 6.29 Å². The van der Waals surface area contributed by atoms with Crippen molar-refractivity contribution in [2.24, 2.45) is 5.92 Å². The van der Waals surface area contributed by atoms with Gasteiger partial charge < -0.3 is 19.9 Å². The zero-order chi connectivity index (χ0) is 21.2. The number of carbonyl (C=O) groups excluding carboxylic acids is 2. The third-order valence-electron chi connectivity index (χ3n) is 4.97. The number of hydrogen-bond donors (Lipinski definition) is 2. The van der Waals surface area contributed by atoms with Crippen molar-refractivity contribution in [2.75, 3.05) is 0 Å². The van der Waals surface area contributed by atoms with E-state index < -0.39 is 24.4 Å². The van der Waals surface area contributed by atoms with Gasteiger partial charge in [0, 0.05) is 17.9 Å². The van der Waals surface area contributed by atoms with Gasteiger partial charge in [-0.15, -0.1) is 0 Å². The summed E-state index contributed by atoms with van der Waals surface area (Å²) in [5, 5.41) is 12.2. The average molecular weight is 426 g/mol. The van der Waals surface area contributed by atoms with Crippen molar-refractivity contribution in [3.63, 3.8) is 0 Å². The Hall–Kier alpha value is -2.28. The molecule has 1 saturated carbocycles. The summed E-state index contributed by atoms with van der Waals surface area (Å²) >= 11 is 5.90. The molecule has 2 atom stereocenters. The van der Waals surface area contributed by atoms with Gasteiger partial charge in [-0.25, -0.2) is 4.79 Å². The normalized spacial score (nSPS) is 16.5. The Morgan fingerprint density at radius 2 is 1.79 bits per heavy atom. The molecule has 0 saturated heterocycles. The first kappa shape index (κ1) is 23.0. The van der Waals surface area contributed by atoms with Crippen LogP contribution in [0.2, 0.25) is 5.02 Å². The molecule has 1 aromatic carbocycles. The number of ether oxygens (including phenoxy) is 2. The first-order valence-electron chi connectivity index (χ1n) is 10.0. The highest BCUT2D eigenvalue weighted by Gasteiger charge is 2.27. The van der Waals surface area contributed by atoms with Gasteiger partial charge in [-0.3, -0.25) is 9.59 Å². The Balaban J connectivity index is 1.94. The number of amides is 1. The summed E-state index contributed by atoms with van der Waals surface area (Å²) < 4.78 is 10.7. The highest BCUT2D eigenvalue weighted by atomic mass is 35.5. The number of esters is 1. The number of nitrogens with one attached hydrogen (secondary N) is 1. The minimum Gasteiger partial charge on any atom is -0.481 e. The largest absolute Gasteiger partial charge is 0.481 e. The zero-order valence-electron chi connectivity index (χ0n) is 16.6. The van der Waals surface area contributed by atoms with Crippen molar-refractivity contribution in [3.05, 3.63) is 34.9 Å². The van der Waals surface area contributed by atoms with Crippen molar-refractivity contribution in [3.8, 4) is 0 Å². The van der Waals surface area contributed by atoms with Crippen molar-refractivity contribution < 1.29 is 29.0 Å². The summed E-state index contributed by atoms with van der Waals surface area (Å²) in [6.07, 6.45) is 3.38. The maximum absolute atomic E-state index is 12.4. The van der Waals surface area contributed by atoms with Crippen LogP contribution in [0.5, 0.6) is 0 Å². The SMILES string of the molecule is CCC(OC(=O)NC(CCC(=O)O)c1ccc(Cl)cc1)OC(=O)C1CCCCC1. The van der Waals surface area contributed by atoms with E-state index in [1.807, 2.05) is 0 Å². The van der Waals surface area contributed by atoms with Crippen LogP contribution in [-0.4, -0.2) is 29.4 Å². The van der Waals surface area contributed by atoms with E-state index in [4.69, 9.17) is 26.2 Å². The highest BCUT2D eigenvalue weighted by Crippen LogP contribution is 2.26. The Morgan fingerprint density at radius 3 is 2.38 bits per heavy atom. The molecule has 160 valence electrons. The Morgan fingerprint density at radius 1 is 1.14 bits per heavy atom. The Bertz CT molecular complexity index is 687. The summed E-state index contributed by atoms with van der Waals surface area (Å²) in [7, 11) is 0. The molecule has 1 aliphatic rings. The summed E-state index contributed by atoms with van der Waals surface area (Å²) in [6.45, 7) is 1.76. The number of hydrogen-bond acceptors (Lipinski definition) is 5. The lowest BCUT2D eigenvalue weighted by Gasteiger charge is -2.24. The second-order valence-corrected chi connectivity index (χ2v) is 7.63. The molecule has 29 heavy (non-hydrogen) atoms. The van der Waals surface area contributed by atoms with Crippen LogP contribution in [0.3, 0.4) is 0 Å². The molecule has 0 aliphatic heterocycles. The summed E-state index contributed by atoms with van der Waals surface area (Å²) in [4.78, 5) is 35.6. The predicted molar refractivity (Wildman–Crippen MR) is 107 cm³/mol. The number of rotatable bonds is 9. The number of benzene rings is 1. The number of aliphatic carboxylic acids is 1. The molecular weight excluding hydrogens is 398 g/mol. The van der Waals surface area contributed by atoms with E-state index >= 15 is 0 Å². The van der Waals surface area contributed by atoms with Gasteiger partial charge in [0.05, 0.1) is 12.0 Å². The third-order valence-corrected chi connectivity index (χ3v) is 5.22. The molecule has 0 bridgehead atoms. The van der Waals surface area contributed by atoms with E-state index in [1.54, 1.807) is 31.2 Å². The fourth-order valence-corrected chi connectivity index (χ4v) is 3.46. The maximum Gasteiger partial charge on any atom is 0.410 e. The van der Waals surface area contributed by atoms with Crippen LogP contribution in [0.4, 0.5) is 4.79 Å². The predicted octanol–water partition coefficient (Wildman–Crippen LogP) is 4.83. The minimum atomic E-state index is -0.977. The van der Waals surface area contributed by atoms with Crippen molar-refractivity contribution in [1.82, 2.24) is 5.32 Å². The first-order valence-corrected chi connectivity index (χ1v) is 10.4. The summed E-state index contributed by atoms with van der Waals surface area (Å²) in [5.41, 5.74) is 0.708. The standard InChI is InChI=1S/C21H28ClNO6/c1-2-19(28-20(26)15-6-4-3-5-7-15)29-21(27)23-17(12-13-18(24)25)14-8-10-16(22)11-9-14/h8-11,15,17,19H,2-7,12-13H2,1H3,(H,23,27)(H,24,25). The number of carbonyl (C=O) groups is 3. The molecule has 1 amide bonds. The number of carboxylic acids is 1. The van der Waals surface area contributed by atoms with Crippen LogP contribution in [0.25, 0.3) is 0 Å². The van der Waals surface area contributed by atoms with Crippen LogP contribution in [0, 0.1) is 5.92 Å². The van der Waals surface area contributed by atoms with Crippen LogP contribution in [-0.2, 0) is 19.1 Å². The fourth-order valence-electron chi connectivity index (χ4n) is 3.34. The van der Waals surface area contributed by atoms with E-state index in [2.05, 4.69) is 5.32 Å². The lowest BCUT2D eigenvalue weighted by Crippen LogP contribution is -2.35. The van der Waals surface area contributed by atoms with Crippen LogP contribution in [0.1, 0.15) is 69.9 Å². The van der Waals surface area contributed by atoms with Gasteiger partial charge in [-0.2, -0.15) is 0 Å². The molecule has 2 N–H and O–H groups in total. The molecule has 0 aromatic heterocycles. The van der Waals surface area contributed by atoms with Gasteiger partial charge in [0.1, 0.15) is 0 Å². The smallest absolute Gasteiger partial charge is 0.410 e. The number of carboxylic acid groups (broad SMARTS) is 1. The van der Waals surface area contributed by atoms with Crippen LogP contribution >= 0.6 is 11.6 Å². The maximum atomic E-state index is 12.4. The van der Waals surface area contributed by atoms with Crippen LogP contribution in [0.15, 0.2) is 24.3 Å². The average Bonchev–Trinajstić information content (AvgIpc) is 2.71. The van der Waals surface area contributed by atoms with Gasteiger partial charge in [-0.05, 0) is 37.0 Å². The minimum absolute atomic E-state index is 0.124. The molecule has 0 radical (unpaired) electrons. The van der Waals surface area contributed by atoms with E-state index in [9.17, 15) is 14.4 Å². The molecule has 1 aromatic rings. The molecule has 1 aliphatic carbocycles. The molecule has 1 fully saturated rings.